The van der Waals surface area contributed by atoms with Crippen LogP contribution in [0.15, 0.2) is 36.4 Å². The first kappa shape index (κ1) is 47.4. The predicted octanol–water partition coefficient (Wildman–Crippen LogP) is 9.79. The topological polar surface area (TPSA) is 102 Å². The molecule has 3 aromatic carbocycles. The number of benzene rings is 3. The zero-order chi connectivity index (χ0) is 46.1. The lowest BCUT2D eigenvalue weighted by Crippen LogP contribution is -2.57. The fourth-order valence-electron chi connectivity index (χ4n) is 10.5. The van der Waals surface area contributed by atoms with Crippen molar-refractivity contribution in [3.63, 3.8) is 0 Å². The summed E-state index contributed by atoms with van der Waals surface area (Å²) < 4.78 is 57.7. The minimum absolute atomic E-state index is 0.0299. The molecule has 1 aromatic heterocycles. The standard InChI is InChI=1S/C50H68F2N6O5Si/c1-31(2)64(32(3)4,33(5)6)23-18-40-43(51)17-12-35-24-38(62-30-60-11)25-42(44(35)40)39-15-16-41-46(45(39)52)54-48(61-29-34(7)26-56-21-19-53-20-22-56)55-47(41)57-27-36-13-14-37(28-57)58(36)49(59)63-50(8,9)10/h12,15-17,24-25,31-34,36-37,53H,13-14,19-22,26-30H2,1-11H3. The molecule has 7 rings (SSSR count). The molecule has 64 heavy (non-hydrogen) atoms. The molecule has 0 spiro atoms. The van der Waals surface area contributed by atoms with Crippen LogP contribution in [-0.4, -0.2) is 118 Å². The number of amides is 1. The highest BCUT2D eigenvalue weighted by molar-refractivity contribution is 6.90. The van der Waals surface area contributed by atoms with E-state index in [0.717, 1.165) is 45.6 Å². The molecular formula is C50H68F2N6O5Si. The average molecular weight is 899 g/mol. The molecule has 3 fully saturated rings. The summed E-state index contributed by atoms with van der Waals surface area (Å²) in [5.74, 6) is 3.45. The van der Waals surface area contributed by atoms with Crippen molar-refractivity contribution >= 4 is 41.7 Å². The van der Waals surface area contributed by atoms with Crippen LogP contribution >= 0.6 is 0 Å². The van der Waals surface area contributed by atoms with Crippen LogP contribution in [-0.2, 0) is 9.47 Å². The number of piperazine rings is 2. The molecule has 3 aliphatic rings. The number of carbonyl (C=O) groups is 1. The molecule has 346 valence electrons. The number of fused-ring (bicyclic) bond motifs is 4. The van der Waals surface area contributed by atoms with Crippen LogP contribution in [0.4, 0.5) is 19.4 Å². The molecule has 4 aromatic rings. The van der Waals surface area contributed by atoms with Gasteiger partial charge in [0.2, 0.25) is 0 Å². The molecule has 4 heterocycles. The third kappa shape index (κ3) is 9.83. The number of carbonyl (C=O) groups excluding carboxylic acids is 1. The number of anilines is 1. The normalized spacial score (nSPS) is 18.9. The Kier molecular flexibility index (Phi) is 14.4. The Hall–Kier alpha value is -4.55. The Morgan fingerprint density at radius 2 is 1.58 bits per heavy atom. The smallest absolute Gasteiger partial charge is 0.410 e. The summed E-state index contributed by atoms with van der Waals surface area (Å²) in [5, 5.41) is 5.07. The molecule has 2 bridgehead atoms. The number of rotatable bonds is 13. The molecule has 1 N–H and O–H groups in total. The maximum atomic E-state index is 17.9. The van der Waals surface area contributed by atoms with E-state index in [-0.39, 0.29) is 53.5 Å². The Balaban J connectivity index is 1.37. The van der Waals surface area contributed by atoms with E-state index in [4.69, 9.17) is 28.9 Å². The second-order valence-corrected chi connectivity index (χ2v) is 25.6. The van der Waals surface area contributed by atoms with Crippen molar-refractivity contribution in [2.75, 3.05) is 71.2 Å². The second-order valence-electron chi connectivity index (χ2n) is 20.0. The first-order valence-electron chi connectivity index (χ1n) is 23.2. The van der Waals surface area contributed by atoms with Gasteiger partial charge in [-0.1, -0.05) is 66.5 Å². The second kappa shape index (κ2) is 19.5. The summed E-state index contributed by atoms with van der Waals surface area (Å²) in [5.41, 5.74) is 5.03. The molecule has 3 aliphatic heterocycles. The highest BCUT2D eigenvalue weighted by Crippen LogP contribution is 2.44. The third-order valence-electron chi connectivity index (χ3n) is 13.4. The lowest BCUT2D eigenvalue weighted by Gasteiger charge is -2.42. The number of hydrogen-bond acceptors (Lipinski definition) is 10. The fraction of sp³-hybridized carbons (Fsp3) is 0.580. The monoisotopic (exact) mass is 898 g/mol. The average Bonchev–Trinajstić information content (AvgIpc) is 3.51. The van der Waals surface area contributed by atoms with Crippen LogP contribution in [0.2, 0.25) is 16.6 Å². The fourth-order valence-corrected chi connectivity index (χ4v) is 15.7. The summed E-state index contributed by atoms with van der Waals surface area (Å²) in [4.78, 5) is 29.6. The largest absolute Gasteiger partial charge is 0.468 e. The Bertz CT molecular complexity index is 2350. The van der Waals surface area contributed by atoms with Gasteiger partial charge in [-0.15, -0.1) is 5.54 Å². The first-order valence-corrected chi connectivity index (χ1v) is 25.4. The maximum Gasteiger partial charge on any atom is 0.410 e. The number of halogens is 2. The van der Waals surface area contributed by atoms with E-state index in [2.05, 4.69) is 75.0 Å². The number of aromatic nitrogens is 2. The SMILES string of the molecule is COCOc1cc(-c2ccc3c(N4CC5CCC(C4)N5C(=O)OC(C)(C)C)nc(OCC(C)CN4CCNCC4)nc3c2F)c2c(C#C[Si](C(C)C)(C(C)C)C(C)C)c(F)ccc2c1. The van der Waals surface area contributed by atoms with Gasteiger partial charge < -0.3 is 34.1 Å². The van der Waals surface area contributed by atoms with Crippen LogP contribution < -0.4 is 19.7 Å². The van der Waals surface area contributed by atoms with Crippen LogP contribution in [0, 0.1) is 29.0 Å². The summed E-state index contributed by atoms with van der Waals surface area (Å²) in [6, 6.07) is 10.1. The lowest BCUT2D eigenvalue weighted by molar-refractivity contribution is 0.0122. The summed E-state index contributed by atoms with van der Waals surface area (Å²) in [6.07, 6.45) is 1.32. The Morgan fingerprint density at radius 3 is 2.20 bits per heavy atom. The van der Waals surface area contributed by atoms with Crippen LogP contribution in [0.5, 0.6) is 11.8 Å². The highest BCUT2D eigenvalue weighted by Gasteiger charge is 2.45. The van der Waals surface area contributed by atoms with Crippen molar-refractivity contribution in [1.82, 2.24) is 25.1 Å². The molecule has 3 unspecified atom stereocenters. The van der Waals surface area contributed by atoms with E-state index >= 15 is 8.78 Å². The van der Waals surface area contributed by atoms with E-state index in [0.29, 0.717) is 69.6 Å². The van der Waals surface area contributed by atoms with Gasteiger partial charge in [0.15, 0.2) is 12.6 Å². The number of methoxy groups -OCH3 is 1. The van der Waals surface area contributed by atoms with Crippen LogP contribution in [0.25, 0.3) is 32.8 Å². The molecule has 0 saturated carbocycles. The van der Waals surface area contributed by atoms with E-state index in [9.17, 15) is 4.79 Å². The van der Waals surface area contributed by atoms with E-state index in [1.165, 1.54) is 13.2 Å². The molecule has 3 atom stereocenters. The van der Waals surface area contributed by atoms with Crippen LogP contribution in [0.3, 0.4) is 0 Å². The maximum absolute atomic E-state index is 17.9. The molecule has 1 amide bonds. The van der Waals surface area contributed by atoms with Crippen molar-refractivity contribution in [1.29, 1.82) is 0 Å². The summed E-state index contributed by atoms with van der Waals surface area (Å²) in [6.45, 7) is 27.1. The molecule has 3 saturated heterocycles. The van der Waals surface area contributed by atoms with Crippen LogP contribution in [0.1, 0.15) is 87.6 Å². The third-order valence-corrected chi connectivity index (χ3v) is 19.7. The van der Waals surface area contributed by atoms with Gasteiger partial charge in [0, 0.05) is 75.2 Å². The van der Waals surface area contributed by atoms with E-state index in [1.807, 2.05) is 37.8 Å². The number of hydrogen-bond donors (Lipinski definition) is 1. The Labute approximate surface area is 379 Å². The lowest BCUT2D eigenvalue weighted by atomic mass is 9.93. The van der Waals surface area contributed by atoms with Gasteiger partial charge in [0.05, 0.1) is 24.3 Å². The predicted molar refractivity (Wildman–Crippen MR) is 254 cm³/mol. The van der Waals surface area contributed by atoms with Gasteiger partial charge in [-0.05, 0) is 85.5 Å². The molecule has 0 aliphatic carbocycles. The van der Waals surface area contributed by atoms with Crippen molar-refractivity contribution in [2.24, 2.45) is 5.92 Å². The summed E-state index contributed by atoms with van der Waals surface area (Å²) >= 11 is 0. The molecular weight excluding hydrogens is 831 g/mol. The van der Waals surface area contributed by atoms with Crippen molar-refractivity contribution in [3.8, 4) is 34.4 Å². The van der Waals surface area contributed by atoms with E-state index in [1.54, 1.807) is 18.2 Å². The number of nitrogens with zero attached hydrogens (tertiary/aromatic N) is 5. The van der Waals surface area contributed by atoms with Gasteiger partial charge in [0.25, 0.3) is 0 Å². The van der Waals surface area contributed by atoms with Gasteiger partial charge in [-0.2, -0.15) is 9.97 Å². The van der Waals surface area contributed by atoms with Gasteiger partial charge in [0.1, 0.15) is 36.6 Å². The van der Waals surface area contributed by atoms with Gasteiger partial charge in [-0.3, -0.25) is 4.90 Å². The highest BCUT2D eigenvalue weighted by atomic mass is 28.3. The van der Waals surface area contributed by atoms with E-state index < -0.39 is 25.3 Å². The van der Waals surface area contributed by atoms with Crippen molar-refractivity contribution in [3.05, 3.63) is 53.6 Å². The van der Waals surface area contributed by atoms with Gasteiger partial charge >= 0.3 is 12.1 Å². The zero-order valence-corrected chi connectivity index (χ0v) is 40.7. The molecule has 11 nitrogen and oxygen atoms in total. The van der Waals surface area contributed by atoms with Crippen molar-refractivity contribution < 1.29 is 32.5 Å². The summed E-state index contributed by atoms with van der Waals surface area (Å²) in [7, 11) is -0.755. The Morgan fingerprint density at radius 1 is 0.906 bits per heavy atom. The number of nitrogens with one attached hydrogen (secondary N) is 1. The minimum atomic E-state index is -2.29. The zero-order valence-electron chi connectivity index (χ0n) is 39.7. The first-order chi connectivity index (χ1) is 30.4. The molecule has 0 radical (unpaired) electrons. The molecule has 14 heteroatoms. The van der Waals surface area contributed by atoms with Gasteiger partial charge in [-0.25, -0.2) is 13.6 Å². The number of ether oxygens (including phenoxy) is 4. The van der Waals surface area contributed by atoms with Crippen molar-refractivity contribution in [2.45, 2.75) is 116 Å². The minimum Gasteiger partial charge on any atom is -0.468 e. The quantitative estimate of drug-likeness (QED) is 0.0794.